The summed E-state index contributed by atoms with van der Waals surface area (Å²) in [5.41, 5.74) is 3.23. The summed E-state index contributed by atoms with van der Waals surface area (Å²) < 4.78 is 5.38. The average molecular weight is 264 g/mol. The Morgan fingerprint density at radius 1 is 1.05 bits per heavy atom. The maximum Gasteiger partial charge on any atom is 0.124 e. The third kappa shape index (κ3) is 3.97. The summed E-state index contributed by atoms with van der Waals surface area (Å²) in [5.74, 6) is 1.29. The summed E-state index contributed by atoms with van der Waals surface area (Å²) in [7, 11) is 1.70. The van der Waals surface area contributed by atoms with E-state index in [1.807, 2.05) is 13.8 Å². The van der Waals surface area contributed by atoms with Gasteiger partial charge in [-0.1, -0.05) is 26.7 Å². The molecule has 0 aliphatic heterocycles. The molecule has 0 aliphatic rings. The molecule has 0 spiro atoms. The zero-order chi connectivity index (χ0) is 14.4. The van der Waals surface area contributed by atoms with Crippen molar-refractivity contribution in [3.05, 3.63) is 28.8 Å². The predicted octanol–water partition coefficient (Wildman–Crippen LogP) is 4.56. The fourth-order valence-corrected chi connectivity index (χ4v) is 2.95. The Morgan fingerprint density at radius 2 is 1.53 bits per heavy atom. The van der Waals surface area contributed by atoms with Crippen LogP contribution in [0.1, 0.15) is 62.3 Å². The van der Waals surface area contributed by atoms with Gasteiger partial charge in [0.25, 0.3) is 0 Å². The summed E-state index contributed by atoms with van der Waals surface area (Å²) >= 11 is 0. The molecule has 1 rings (SSSR count). The van der Waals surface area contributed by atoms with Gasteiger partial charge in [0, 0.05) is 0 Å². The SMILES string of the molecule is CCCC(CCC)C(O)c1cc(C)c(OC)c(C)c1. The molecule has 1 aromatic carbocycles. The molecular formula is C17H28O2. The van der Waals surface area contributed by atoms with E-state index in [1.54, 1.807) is 7.11 Å². The van der Waals surface area contributed by atoms with E-state index < -0.39 is 0 Å². The first-order valence-electron chi connectivity index (χ1n) is 7.38. The van der Waals surface area contributed by atoms with Crippen LogP contribution < -0.4 is 4.74 Å². The van der Waals surface area contributed by atoms with Gasteiger partial charge < -0.3 is 9.84 Å². The first-order valence-corrected chi connectivity index (χ1v) is 7.38. The smallest absolute Gasteiger partial charge is 0.124 e. The molecule has 0 fully saturated rings. The van der Waals surface area contributed by atoms with E-state index in [-0.39, 0.29) is 6.10 Å². The van der Waals surface area contributed by atoms with Gasteiger partial charge in [-0.05, 0) is 61.4 Å². The standard InChI is InChI=1S/C17H28O2/c1-6-8-14(9-7-2)16(18)15-10-12(3)17(19-5)13(4)11-15/h10-11,14,16,18H,6-9H2,1-5H3. The molecule has 0 saturated heterocycles. The van der Waals surface area contributed by atoms with Gasteiger partial charge in [0.15, 0.2) is 0 Å². The Balaban J connectivity index is 3.00. The van der Waals surface area contributed by atoms with Crippen LogP contribution in [0.2, 0.25) is 0 Å². The molecule has 0 heterocycles. The van der Waals surface area contributed by atoms with Crippen molar-refractivity contribution < 1.29 is 9.84 Å². The minimum absolute atomic E-state index is 0.358. The third-order valence-electron chi connectivity index (χ3n) is 3.79. The second-order valence-corrected chi connectivity index (χ2v) is 5.47. The number of benzene rings is 1. The Kier molecular flexibility index (Phi) is 6.36. The molecule has 19 heavy (non-hydrogen) atoms. The highest BCUT2D eigenvalue weighted by molar-refractivity contribution is 5.44. The second kappa shape index (κ2) is 7.54. The number of hydrogen-bond donors (Lipinski definition) is 1. The Hall–Kier alpha value is -1.02. The van der Waals surface area contributed by atoms with Crippen molar-refractivity contribution >= 4 is 0 Å². The van der Waals surface area contributed by atoms with Crippen LogP contribution >= 0.6 is 0 Å². The summed E-state index contributed by atoms with van der Waals surface area (Å²) in [6.07, 6.45) is 4.05. The third-order valence-corrected chi connectivity index (χ3v) is 3.79. The summed E-state index contributed by atoms with van der Waals surface area (Å²) in [6.45, 7) is 8.44. The topological polar surface area (TPSA) is 29.5 Å². The lowest BCUT2D eigenvalue weighted by Gasteiger charge is -2.24. The molecule has 0 amide bonds. The van der Waals surface area contributed by atoms with Gasteiger partial charge in [0.05, 0.1) is 13.2 Å². The van der Waals surface area contributed by atoms with Crippen molar-refractivity contribution in [2.75, 3.05) is 7.11 Å². The van der Waals surface area contributed by atoms with E-state index in [0.717, 1.165) is 48.1 Å². The van der Waals surface area contributed by atoms with Crippen LogP contribution in [0.15, 0.2) is 12.1 Å². The minimum Gasteiger partial charge on any atom is -0.496 e. The Morgan fingerprint density at radius 3 is 1.89 bits per heavy atom. The largest absolute Gasteiger partial charge is 0.496 e. The molecule has 2 nitrogen and oxygen atoms in total. The van der Waals surface area contributed by atoms with E-state index in [0.29, 0.717) is 5.92 Å². The predicted molar refractivity (Wildman–Crippen MR) is 80.7 cm³/mol. The van der Waals surface area contributed by atoms with Crippen molar-refractivity contribution in [2.24, 2.45) is 5.92 Å². The molecule has 1 aromatic rings. The molecule has 0 aromatic heterocycles. The molecule has 0 radical (unpaired) electrons. The van der Waals surface area contributed by atoms with Gasteiger partial charge in [-0.15, -0.1) is 0 Å². The minimum atomic E-state index is -0.358. The van der Waals surface area contributed by atoms with Crippen LogP contribution in [0.4, 0.5) is 0 Å². The molecule has 1 unspecified atom stereocenters. The van der Waals surface area contributed by atoms with Gasteiger partial charge in [-0.25, -0.2) is 0 Å². The highest BCUT2D eigenvalue weighted by Gasteiger charge is 2.20. The zero-order valence-electron chi connectivity index (χ0n) is 13.0. The maximum absolute atomic E-state index is 10.6. The van der Waals surface area contributed by atoms with E-state index in [1.165, 1.54) is 0 Å². The van der Waals surface area contributed by atoms with Gasteiger partial charge in [-0.2, -0.15) is 0 Å². The van der Waals surface area contributed by atoms with E-state index in [2.05, 4.69) is 26.0 Å². The van der Waals surface area contributed by atoms with Crippen LogP contribution in [0.5, 0.6) is 5.75 Å². The van der Waals surface area contributed by atoms with Crippen LogP contribution in [0.3, 0.4) is 0 Å². The highest BCUT2D eigenvalue weighted by atomic mass is 16.5. The van der Waals surface area contributed by atoms with Crippen molar-refractivity contribution in [1.29, 1.82) is 0 Å². The summed E-state index contributed by atoms with van der Waals surface area (Å²) in [6, 6.07) is 4.13. The number of aliphatic hydroxyl groups is 1. The molecule has 0 bridgehead atoms. The first kappa shape index (κ1) is 16.0. The fourth-order valence-electron chi connectivity index (χ4n) is 2.95. The van der Waals surface area contributed by atoms with Crippen molar-refractivity contribution in [3.63, 3.8) is 0 Å². The van der Waals surface area contributed by atoms with Crippen LogP contribution in [-0.4, -0.2) is 12.2 Å². The number of methoxy groups -OCH3 is 1. The molecule has 108 valence electrons. The average Bonchev–Trinajstić information content (AvgIpc) is 2.37. The normalized spacial score (nSPS) is 12.8. The molecule has 0 aliphatic carbocycles. The first-order chi connectivity index (χ1) is 9.04. The molecule has 2 heteroatoms. The molecule has 1 N–H and O–H groups in total. The van der Waals surface area contributed by atoms with Gasteiger partial charge in [-0.3, -0.25) is 0 Å². The lowest BCUT2D eigenvalue weighted by molar-refractivity contribution is 0.0963. The molecule has 1 atom stereocenters. The zero-order valence-corrected chi connectivity index (χ0v) is 13.0. The number of aliphatic hydroxyl groups excluding tert-OH is 1. The van der Waals surface area contributed by atoms with Gasteiger partial charge >= 0.3 is 0 Å². The van der Waals surface area contributed by atoms with Crippen LogP contribution in [-0.2, 0) is 0 Å². The lowest BCUT2D eigenvalue weighted by atomic mass is 9.87. The molecule has 0 saturated carbocycles. The van der Waals surface area contributed by atoms with E-state index in [4.69, 9.17) is 4.74 Å². The highest BCUT2D eigenvalue weighted by Crippen LogP contribution is 2.33. The summed E-state index contributed by atoms with van der Waals surface area (Å²) in [5, 5.41) is 10.6. The van der Waals surface area contributed by atoms with E-state index >= 15 is 0 Å². The summed E-state index contributed by atoms with van der Waals surface area (Å²) in [4.78, 5) is 0. The Labute approximate surface area is 117 Å². The van der Waals surface area contributed by atoms with Crippen LogP contribution in [0, 0.1) is 19.8 Å². The van der Waals surface area contributed by atoms with Crippen molar-refractivity contribution in [3.8, 4) is 5.75 Å². The van der Waals surface area contributed by atoms with Crippen molar-refractivity contribution in [2.45, 2.75) is 59.5 Å². The van der Waals surface area contributed by atoms with Gasteiger partial charge in [0.2, 0.25) is 0 Å². The number of rotatable bonds is 7. The maximum atomic E-state index is 10.6. The Bertz CT molecular complexity index is 369. The second-order valence-electron chi connectivity index (χ2n) is 5.47. The molecular weight excluding hydrogens is 236 g/mol. The number of ether oxygens (including phenoxy) is 1. The number of hydrogen-bond acceptors (Lipinski definition) is 2. The van der Waals surface area contributed by atoms with Crippen LogP contribution in [0.25, 0.3) is 0 Å². The lowest BCUT2D eigenvalue weighted by Crippen LogP contribution is -2.13. The fraction of sp³-hybridized carbons (Fsp3) is 0.647. The monoisotopic (exact) mass is 264 g/mol. The van der Waals surface area contributed by atoms with Gasteiger partial charge in [0.1, 0.15) is 5.75 Å². The van der Waals surface area contributed by atoms with Crippen molar-refractivity contribution in [1.82, 2.24) is 0 Å². The number of aryl methyl sites for hydroxylation is 2. The quantitative estimate of drug-likeness (QED) is 0.782. The van der Waals surface area contributed by atoms with E-state index in [9.17, 15) is 5.11 Å².